The number of anilines is 1. The van der Waals surface area contributed by atoms with Crippen molar-refractivity contribution in [1.82, 2.24) is 24.9 Å². The quantitative estimate of drug-likeness (QED) is 0.237. The number of carboxylic acid groups (broad SMARTS) is 1. The molecule has 3 atom stereocenters. The molecule has 12 nitrogen and oxygen atoms in total. The summed E-state index contributed by atoms with van der Waals surface area (Å²) in [6.45, 7) is 9.76. The summed E-state index contributed by atoms with van der Waals surface area (Å²) in [6, 6.07) is 14.0. The number of amides is 2. The van der Waals surface area contributed by atoms with Gasteiger partial charge in [-0.05, 0) is 126 Å². The summed E-state index contributed by atoms with van der Waals surface area (Å²) in [4.78, 5) is 35.5. The molecule has 0 unspecified atom stereocenters. The van der Waals surface area contributed by atoms with E-state index in [4.69, 9.17) is 0 Å². The number of aliphatic hydroxyl groups is 1. The number of carbonyl (C=O) groups excluding carboxylic acids is 1. The van der Waals surface area contributed by atoms with Crippen LogP contribution in [0.5, 0.6) is 0 Å². The number of hydrogen-bond acceptors (Lipinski definition) is 9. The van der Waals surface area contributed by atoms with Crippen LogP contribution in [0.3, 0.4) is 0 Å². The highest BCUT2D eigenvalue weighted by atomic mass is 32.2. The third kappa shape index (κ3) is 9.41. The van der Waals surface area contributed by atoms with Crippen molar-refractivity contribution in [2.24, 2.45) is 17.8 Å². The van der Waals surface area contributed by atoms with Gasteiger partial charge in [-0.2, -0.15) is 0 Å². The highest BCUT2D eigenvalue weighted by Crippen LogP contribution is 2.51. The molecular formula is C44H63FN6O6S. The Morgan fingerprint density at radius 1 is 0.966 bits per heavy atom. The Bertz CT molecular complexity index is 1880. The molecule has 2 aromatic carbocycles. The minimum atomic E-state index is -3.54. The minimum Gasteiger partial charge on any atom is -0.465 e. The van der Waals surface area contributed by atoms with Gasteiger partial charge in [-0.25, -0.2) is 17.6 Å². The van der Waals surface area contributed by atoms with Gasteiger partial charge in [-0.1, -0.05) is 24.6 Å². The zero-order valence-electron chi connectivity index (χ0n) is 34.4. The van der Waals surface area contributed by atoms with Crippen LogP contribution < -0.4 is 10.2 Å². The first-order valence-electron chi connectivity index (χ1n) is 21.2. The number of carbonyl (C=O) groups is 2. The van der Waals surface area contributed by atoms with E-state index in [0.717, 1.165) is 89.2 Å². The first kappa shape index (κ1) is 42.6. The molecule has 14 heteroatoms. The molecule has 318 valence electrons. The summed E-state index contributed by atoms with van der Waals surface area (Å²) >= 11 is 0. The van der Waals surface area contributed by atoms with E-state index in [9.17, 15) is 28.2 Å². The molecule has 7 rings (SSSR count). The highest BCUT2D eigenvalue weighted by molar-refractivity contribution is 7.92. The third-order valence-corrected chi connectivity index (χ3v) is 16.0. The second-order valence-corrected chi connectivity index (χ2v) is 20.6. The van der Waals surface area contributed by atoms with Crippen LogP contribution in [0.15, 0.2) is 65.6 Å². The molecule has 0 aromatic heterocycles. The molecule has 4 heterocycles. The molecule has 1 aliphatic carbocycles. The lowest BCUT2D eigenvalue weighted by atomic mass is 9.58. The largest absolute Gasteiger partial charge is 0.465 e. The van der Waals surface area contributed by atoms with Crippen molar-refractivity contribution in [2.75, 3.05) is 91.0 Å². The van der Waals surface area contributed by atoms with Crippen LogP contribution >= 0.6 is 0 Å². The molecule has 4 saturated heterocycles. The van der Waals surface area contributed by atoms with Gasteiger partial charge in [0.1, 0.15) is 11.1 Å². The molecule has 2 amide bonds. The maximum Gasteiger partial charge on any atom is 0.404 e. The Labute approximate surface area is 343 Å². The smallest absolute Gasteiger partial charge is 0.404 e. The minimum absolute atomic E-state index is 0.0269. The number of likely N-dealkylation sites (N-methyl/N-ethyl adjacent to an activating group) is 1. The number of likely N-dealkylation sites (tertiary alicyclic amines) is 3. The molecule has 2 aromatic rings. The van der Waals surface area contributed by atoms with Gasteiger partial charge in [0.2, 0.25) is 5.91 Å². The number of sulfone groups is 1. The van der Waals surface area contributed by atoms with E-state index >= 15 is 4.39 Å². The Kier molecular flexibility index (Phi) is 12.9. The standard InChI is InChI=1S/C44H63FN6O6S/c1-43(55)18-23-49(24-19-43)31-44(34-7-4-8-35(45)25-34,39-9-5-10-40(39)46-42(53)54)33-16-21-48(22-17-33)26-32-27-50(28-32)36-12-14-37(15-13-36)58(56,57)38-29-51(30-38)41(52)11-6-20-47(2)3/h4,6-8,11-15,25,32-33,38-40,46,55H,5,9-10,16-24,26-31H2,1-3H3,(H,53,54)/b11-6+/t39-,40-,44-/m0/s1. The van der Waals surface area contributed by atoms with Crippen LogP contribution in [-0.4, -0.2) is 153 Å². The Morgan fingerprint density at radius 2 is 1.66 bits per heavy atom. The van der Waals surface area contributed by atoms with Crippen LogP contribution in [-0.2, 0) is 20.0 Å². The third-order valence-electron chi connectivity index (χ3n) is 13.9. The van der Waals surface area contributed by atoms with Gasteiger partial charge in [0.05, 0.1) is 10.5 Å². The van der Waals surface area contributed by atoms with Gasteiger partial charge in [0.15, 0.2) is 9.84 Å². The normalized spacial score (nSPS) is 25.1. The molecule has 3 N–H and O–H groups in total. The lowest BCUT2D eigenvalue weighted by Gasteiger charge is -2.53. The summed E-state index contributed by atoms with van der Waals surface area (Å²) in [7, 11) is 0.302. The maximum atomic E-state index is 15.1. The van der Waals surface area contributed by atoms with Crippen molar-refractivity contribution in [1.29, 1.82) is 0 Å². The van der Waals surface area contributed by atoms with Gasteiger partial charge < -0.3 is 40.0 Å². The lowest BCUT2D eigenvalue weighted by Crippen LogP contribution is -2.59. The molecule has 5 fully saturated rings. The number of rotatable bonds is 14. The average molecular weight is 823 g/mol. The number of nitrogens with zero attached hydrogens (tertiary/aromatic N) is 5. The van der Waals surface area contributed by atoms with Gasteiger partial charge >= 0.3 is 6.09 Å². The van der Waals surface area contributed by atoms with Gasteiger partial charge in [0, 0.05) is 88.0 Å². The summed E-state index contributed by atoms with van der Waals surface area (Å²) in [5.41, 5.74) is 0.823. The van der Waals surface area contributed by atoms with Gasteiger partial charge in [-0.3, -0.25) is 4.79 Å². The lowest BCUT2D eigenvalue weighted by molar-refractivity contribution is -0.129. The zero-order chi connectivity index (χ0) is 41.2. The predicted molar refractivity (Wildman–Crippen MR) is 223 cm³/mol. The van der Waals surface area contributed by atoms with E-state index in [1.54, 1.807) is 35.2 Å². The van der Waals surface area contributed by atoms with Crippen molar-refractivity contribution in [3.8, 4) is 0 Å². The van der Waals surface area contributed by atoms with Crippen molar-refractivity contribution in [3.05, 3.63) is 72.1 Å². The van der Waals surface area contributed by atoms with E-state index in [0.29, 0.717) is 36.7 Å². The van der Waals surface area contributed by atoms with E-state index in [1.165, 1.54) is 12.1 Å². The first-order valence-corrected chi connectivity index (χ1v) is 22.8. The van der Waals surface area contributed by atoms with Crippen molar-refractivity contribution >= 4 is 27.5 Å². The second-order valence-electron chi connectivity index (χ2n) is 18.3. The van der Waals surface area contributed by atoms with Crippen LogP contribution in [0, 0.1) is 23.6 Å². The number of hydrogen-bond donors (Lipinski definition) is 3. The average Bonchev–Trinajstić information content (AvgIpc) is 3.60. The monoisotopic (exact) mass is 822 g/mol. The second kappa shape index (κ2) is 17.6. The van der Waals surface area contributed by atoms with Gasteiger partial charge in [-0.15, -0.1) is 0 Å². The SMILES string of the molecule is CN(C)C/C=C/C(=O)N1CC(S(=O)(=O)c2ccc(N3CC(CN4CCC([C@@](CN5CCC(C)(O)CC5)(c5cccc(F)c5)[C@H]5CCC[C@@H]5NC(=O)O)CC4)C3)cc2)C1. The summed E-state index contributed by atoms with van der Waals surface area (Å²) < 4.78 is 41.8. The fourth-order valence-electron chi connectivity index (χ4n) is 10.6. The molecule has 0 spiro atoms. The molecule has 0 bridgehead atoms. The number of benzene rings is 2. The van der Waals surface area contributed by atoms with Crippen molar-refractivity contribution < 1.29 is 32.6 Å². The predicted octanol–water partition coefficient (Wildman–Crippen LogP) is 4.30. The number of piperidine rings is 2. The van der Waals surface area contributed by atoms with Crippen LogP contribution in [0.25, 0.3) is 0 Å². The Hall–Kier alpha value is -3.56. The summed E-state index contributed by atoms with van der Waals surface area (Å²) in [5, 5.41) is 22.9. The van der Waals surface area contributed by atoms with Crippen molar-refractivity contribution in [2.45, 2.75) is 79.1 Å². The molecule has 4 aliphatic heterocycles. The van der Waals surface area contributed by atoms with E-state index in [2.05, 4.69) is 26.1 Å². The Morgan fingerprint density at radius 3 is 2.29 bits per heavy atom. The maximum absolute atomic E-state index is 15.1. The highest BCUT2D eigenvalue weighted by Gasteiger charge is 2.53. The van der Waals surface area contributed by atoms with Crippen LogP contribution in [0.2, 0.25) is 0 Å². The van der Waals surface area contributed by atoms with E-state index in [1.807, 2.05) is 38.1 Å². The molecule has 58 heavy (non-hydrogen) atoms. The fraction of sp³-hybridized carbons (Fsp3) is 0.636. The molecule has 0 radical (unpaired) electrons. The number of halogens is 1. The molecular weight excluding hydrogens is 760 g/mol. The van der Waals surface area contributed by atoms with Gasteiger partial charge in [0.25, 0.3) is 0 Å². The Balaban J connectivity index is 0.966. The topological polar surface area (TPSA) is 137 Å². The van der Waals surface area contributed by atoms with Crippen molar-refractivity contribution in [3.63, 3.8) is 0 Å². The van der Waals surface area contributed by atoms with E-state index in [-0.39, 0.29) is 42.7 Å². The zero-order valence-corrected chi connectivity index (χ0v) is 35.3. The molecule has 5 aliphatic rings. The fourth-order valence-corrected chi connectivity index (χ4v) is 12.2. The summed E-state index contributed by atoms with van der Waals surface area (Å²) in [5.74, 6) is 0.317. The summed E-state index contributed by atoms with van der Waals surface area (Å²) in [6.07, 6.45) is 8.09. The van der Waals surface area contributed by atoms with E-state index < -0.39 is 32.2 Å². The van der Waals surface area contributed by atoms with Crippen LogP contribution in [0.4, 0.5) is 14.9 Å². The van der Waals surface area contributed by atoms with Crippen LogP contribution in [0.1, 0.15) is 57.4 Å². The first-order chi connectivity index (χ1) is 27.6. The molecule has 1 saturated carbocycles. The number of nitrogens with one attached hydrogen (secondary N) is 1.